The van der Waals surface area contributed by atoms with E-state index in [9.17, 15) is 38.4 Å². The van der Waals surface area contributed by atoms with Gasteiger partial charge in [-0.25, -0.2) is 4.79 Å². The molecule has 122 heavy (non-hydrogen) atoms. The van der Waals surface area contributed by atoms with E-state index < -0.39 is 23.9 Å². The molecule has 8 fully saturated rings. The van der Waals surface area contributed by atoms with Crippen molar-refractivity contribution in [3.05, 3.63) is 121 Å². The Balaban J connectivity index is -0.0000000998. The number of alkyl halides is 1. The van der Waals surface area contributed by atoms with Crippen LogP contribution in [0.25, 0.3) is 0 Å². The maximum Gasteiger partial charge on any atom is 2.00 e. The molecule has 0 aromatic carbocycles. The summed E-state index contributed by atoms with van der Waals surface area (Å²) in [4.78, 5) is 92.5. The number of esters is 4. The van der Waals surface area contributed by atoms with Crippen LogP contribution in [0.3, 0.4) is 0 Å². The van der Waals surface area contributed by atoms with Gasteiger partial charge in [-0.05, 0) is 259 Å². The van der Waals surface area contributed by atoms with Crippen LogP contribution in [0.4, 0.5) is 4.79 Å². The van der Waals surface area contributed by atoms with Gasteiger partial charge in [0, 0.05) is 32.0 Å². The van der Waals surface area contributed by atoms with Gasteiger partial charge in [0.1, 0.15) is 24.4 Å². The fraction of sp³-hybridized carbons (Fsp3) is 0.730. The predicted octanol–water partition coefficient (Wildman–Crippen LogP) is 23.4. The number of ether oxygens (including phenoxy) is 6. The minimum atomic E-state index is -0.972. The van der Waals surface area contributed by atoms with Gasteiger partial charge in [-0.2, -0.15) is 6.42 Å². The number of methoxy groups -OCH3 is 1. The van der Waals surface area contributed by atoms with Crippen molar-refractivity contribution >= 4 is 87.3 Å². The Morgan fingerprint density at radius 3 is 0.959 bits per heavy atom. The van der Waals surface area contributed by atoms with E-state index >= 15 is 0 Å². The Labute approximate surface area is 785 Å². The van der Waals surface area contributed by atoms with E-state index in [0.717, 1.165) is 134 Å². The third kappa shape index (κ3) is 85.8. The first-order chi connectivity index (χ1) is 53.1. The largest absolute Gasteiger partial charge is 2.00 e. The minimum absolute atomic E-state index is 0. The number of nitrogens with zero attached hydrogens (tertiary/aromatic N) is 1. The number of carbonyl (C=O) groups is 8. The summed E-state index contributed by atoms with van der Waals surface area (Å²) in [6, 6.07) is 0. The number of allylic oxidation sites excluding steroid dienone is 9. The van der Waals surface area contributed by atoms with Crippen LogP contribution >= 0.6 is 15.9 Å². The SMILES string of the molecule is C.C.C.C.C.C.C.C.C.C=CCCCCCBr.C=CCCCC[CH2-].C=CCCC[C@@H]1C[C@H]1O.C=CCCC[C@@H]1C[C@H]1O.C=CCCC[C@@H]1C[C@H]1OC(=O)C[C@H](C(=O)OC)C(C)(C)C.C=CCCC[C@@H]1C[C@H]1OC(=O)ON1C(=O)CCC1=O.C=CCCC[C@@H]1C[C@H]1OC(C)=O.C=CCCC[C@H]1C[C@@H]1O.C=CCCC[C@H]1C[C@@H]1OC(C)=O.CCOC=O.[Br-].[Mg+2]. The number of aliphatic hydroxyl groups excluding tert-OH is 3. The quantitative estimate of drug-likeness (QED) is 0.00588. The van der Waals surface area contributed by atoms with Crippen molar-refractivity contribution in [2.45, 2.75) is 402 Å². The van der Waals surface area contributed by atoms with Gasteiger partial charge >= 0.3 is 53.1 Å². The molecule has 22 heteroatoms. The second-order valence-corrected chi connectivity index (χ2v) is 31.6. The van der Waals surface area contributed by atoms with Crippen LogP contribution in [-0.2, 0) is 66.8 Å². The Morgan fingerprint density at radius 2 is 0.730 bits per heavy atom. The maximum absolute atomic E-state index is 12.0. The van der Waals surface area contributed by atoms with E-state index in [1.165, 1.54) is 124 Å². The minimum Gasteiger partial charge on any atom is -1.00 e. The molecule has 0 aromatic heterocycles. The Morgan fingerprint density at radius 1 is 0.459 bits per heavy atom. The van der Waals surface area contributed by atoms with Crippen molar-refractivity contribution in [3.8, 4) is 0 Å². The molecule has 716 valence electrons. The van der Waals surface area contributed by atoms with Crippen molar-refractivity contribution in [1.29, 1.82) is 0 Å². The van der Waals surface area contributed by atoms with E-state index in [1.807, 2.05) is 75.5 Å². The van der Waals surface area contributed by atoms with E-state index in [0.29, 0.717) is 59.6 Å². The molecule has 0 spiro atoms. The summed E-state index contributed by atoms with van der Waals surface area (Å²) in [6.45, 7) is 47.9. The van der Waals surface area contributed by atoms with Gasteiger partial charge in [0.15, 0.2) is 0 Å². The molecule has 8 rings (SSSR count). The Kier molecular flexibility index (Phi) is 112. The summed E-state index contributed by atoms with van der Waals surface area (Å²) in [5, 5.41) is 28.3. The number of imide groups is 1. The first-order valence-corrected chi connectivity index (χ1v) is 42.6. The molecular weight excluding hydrogens is 1690 g/mol. The van der Waals surface area contributed by atoms with Crippen molar-refractivity contribution in [2.24, 2.45) is 52.8 Å². The van der Waals surface area contributed by atoms with Gasteiger partial charge < -0.3 is 67.6 Å². The molecule has 15 atom stereocenters. The topological polar surface area (TPSA) is 265 Å². The zero-order valence-electron chi connectivity index (χ0n) is 70.9. The number of hydroxylamine groups is 2. The standard InChI is InChI=1S/C17H28O4.C13H17NO5.2C10H16O2.3C8H14O.C7H13Br.C7H13.C3H6O2.9CH4.BrH.Mg/c1-6-7-8-9-12-10-14(12)21-15(18)11-13(16(19)20-5)17(2,3)4;1-2-3-4-5-9-8-10(9)18-13(17)19-14-11(15)6-7-12(14)16;2*1-3-4-5-6-9-7-10(9)12-8(2)11;3*1-2-3-4-5-7-6-8(7)9;1-2-3-4-5-6-7-8;1-3-5-7-6-4-2;1-2-5-3-4;;;;;;;;;;;/h6,12-14H,1,7-11H2,2-5H3;2,9-10H,1,3-8H2;2*3,9-10H,1,4-7H2,2H3;3*2,7-9H,1,3-6H2;2H,1,3-7H2;3H,1-2,4-7H2;3H,2H2,1H3;9*1H4;1H;/q;;;;;;;;-1;;;;;;;;;;;;+2/p-1/t12-,13-,14-;3*9-,10-;3*7-,8-;;;;;;;;;;;;;;/m1110110............../s1. The molecule has 8 aliphatic rings. The first kappa shape index (κ1) is 146. The van der Waals surface area contributed by atoms with Crippen LogP contribution in [0.5, 0.6) is 0 Å². The molecule has 0 bridgehead atoms. The number of amides is 2. The van der Waals surface area contributed by atoms with E-state index in [2.05, 4.69) is 91.6 Å². The van der Waals surface area contributed by atoms with Gasteiger partial charge in [-0.3, -0.25) is 38.4 Å². The van der Waals surface area contributed by atoms with E-state index in [-0.39, 0.29) is 198 Å². The Bertz CT molecular complexity index is 2520. The number of hydrogen-bond donors (Lipinski definition) is 3. The average molecular weight is 1880 g/mol. The van der Waals surface area contributed by atoms with Crippen molar-refractivity contribution < 1.29 is 104 Å². The van der Waals surface area contributed by atoms with Crippen LogP contribution in [0, 0.1) is 59.7 Å². The number of aliphatic hydroxyl groups is 3. The molecule has 7 aliphatic carbocycles. The monoisotopic (exact) mass is 1870 g/mol. The smallest absolute Gasteiger partial charge is 1.00 e. The van der Waals surface area contributed by atoms with Crippen LogP contribution < -0.4 is 17.0 Å². The molecule has 0 aromatic rings. The number of rotatable bonds is 47. The number of carbonyl (C=O) groups excluding carboxylic acids is 8. The number of hydrogen-bond acceptors (Lipinski definition) is 18. The van der Waals surface area contributed by atoms with Crippen molar-refractivity contribution in [3.63, 3.8) is 0 Å². The van der Waals surface area contributed by atoms with Crippen LogP contribution in [0.2, 0.25) is 0 Å². The van der Waals surface area contributed by atoms with Crippen LogP contribution in [0.15, 0.2) is 114 Å². The predicted molar refractivity (Wildman–Crippen MR) is 517 cm³/mol. The molecule has 1 saturated heterocycles. The van der Waals surface area contributed by atoms with Gasteiger partial charge in [-0.15, -0.1) is 59.2 Å². The van der Waals surface area contributed by atoms with Gasteiger partial charge in [0.25, 0.3) is 18.3 Å². The van der Waals surface area contributed by atoms with E-state index in [1.54, 1.807) is 6.92 Å². The number of unbranched alkanes of at least 4 members (excludes halogenated alkanes) is 13. The molecule has 2 amide bonds. The second-order valence-electron chi connectivity index (χ2n) is 30.8. The summed E-state index contributed by atoms with van der Waals surface area (Å²) in [5.74, 6) is 1.60. The summed E-state index contributed by atoms with van der Waals surface area (Å²) in [5.41, 5.74) is -0.320. The fourth-order valence-electron chi connectivity index (χ4n) is 11.6. The summed E-state index contributed by atoms with van der Waals surface area (Å²) in [6.07, 6.45) is 57.4. The third-order valence-electron chi connectivity index (χ3n) is 19.4. The Hall–Kier alpha value is -4.97. The zero-order chi connectivity index (χ0) is 83.8. The molecular formula is C100H187Br2MgNO18. The number of halogens is 2. The molecule has 3 N–H and O–H groups in total. The first-order valence-electron chi connectivity index (χ1n) is 41.4. The average Bonchev–Trinajstić information content (AvgIpc) is 1.65. The summed E-state index contributed by atoms with van der Waals surface area (Å²) in [7, 11) is 1.35. The molecule has 1 aliphatic heterocycles. The van der Waals surface area contributed by atoms with E-state index in [4.69, 9.17) is 39.0 Å². The van der Waals surface area contributed by atoms with Gasteiger partial charge in [0.05, 0.1) is 44.4 Å². The maximum atomic E-state index is 12.0. The molecule has 0 unspecified atom stereocenters. The summed E-state index contributed by atoms with van der Waals surface area (Å²) >= 11 is 3.38. The summed E-state index contributed by atoms with van der Waals surface area (Å²) < 4.78 is 29.5. The van der Waals surface area contributed by atoms with Crippen molar-refractivity contribution in [1.82, 2.24) is 5.06 Å². The molecule has 19 nitrogen and oxygen atoms in total. The molecule has 7 saturated carbocycles. The zero-order valence-corrected chi connectivity index (χ0v) is 75.5. The molecule has 0 radical (unpaired) electrons. The van der Waals surface area contributed by atoms with Gasteiger partial charge in [-0.1, -0.05) is 183 Å². The fourth-order valence-corrected chi connectivity index (χ4v) is 12.0. The van der Waals surface area contributed by atoms with Crippen LogP contribution in [0.1, 0.15) is 359 Å². The van der Waals surface area contributed by atoms with Gasteiger partial charge in [0.2, 0.25) is 0 Å². The molecule has 1 heterocycles. The third-order valence-corrected chi connectivity index (χ3v) is 20.0. The normalized spacial score (nSPS) is 21.5. The second kappa shape index (κ2) is 93.7. The van der Waals surface area contributed by atoms with Crippen LogP contribution in [-0.4, -0.2) is 154 Å². The van der Waals surface area contributed by atoms with Crippen molar-refractivity contribution in [2.75, 3.05) is 19.0 Å².